The lowest BCUT2D eigenvalue weighted by Crippen LogP contribution is -2.26. The van der Waals surface area contributed by atoms with Gasteiger partial charge in [0.25, 0.3) is 0 Å². The Labute approximate surface area is 144 Å². The molecule has 4 nitrogen and oxygen atoms in total. The number of hydrogen-bond acceptors (Lipinski definition) is 3. The predicted octanol–water partition coefficient (Wildman–Crippen LogP) is 3.49. The monoisotopic (exact) mass is 419 g/mol. The van der Waals surface area contributed by atoms with Gasteiger partial charge in [-0.25, -0.2) is 0 Å². The van der Waals surface area contributed by atoms with Crippen LogP contribution in [0.2, 0.25) is 5.02 Å². The standard InChI is InChI=1S/C15H19ClIN3O/c1-3-18-14(11-5-4-6-12(17)9-11)15-13(16)10-19-20(15)7-8-21-2/h4-6,9-10,14,18H,3,7-8H2,1-2H3. The zero-order chi connectivity index (χ0) is 15.2. The topological polar surface area (TPSA) is 39.1 Å². The number of methoxy groups -OCH3 is 1. The molecule has 0 aliphatic carbocycles. The van der Waals surface area contributed by atoms with Gasteiger partial charge in [0.15, 0.2) is 0 Å². The number of rotatable bonds is 7. The van der Waals surface area contributed by atoms with E-state index in [1.807, 2.05) is 4.68 Å². The summed E-state index contributed by atoms with van der Waals surface area (Å²) in [5, 5.41) is 8.54. The molecule has 0 spiro atoms. The molecule has 0 saturated heterocycles. The minimum atomic E-state index is 0.0246. The van der Waals surface area contributed by atoms with E-state index in [0.29, 0.717) is 18.2 Å². The second-order valence-electron chi connectivity index (χ2n) is 4.64. The molecule has 1 atom stereocenters. The first-order chi connectivity index (χ1) is 10.2. The van der Waals surface area contributed by atoms with Gasteiger partial charge in [-0.1, -0.05) is 30.7 Å². The van der Waals surface area contributed by atoms with Crippen LogP contribution in [-0.4, -0.2) is 30.0 Å². The third-order valence-electron chi connectivity index (χ3n) is 3.20. The molecule has 1 aromatic heterocycles. The van der Waals surface area contributed by atoms with E-state index < -0.39 is 0 Å². The number of aromatic nitrogens is 2. The molecule has 6 heteroatoms. The Morgan fingerprint density at radius 3 is 2.95 bits per heavy atom. The lowest BCUT2D eigenvalue weighted by atomic mass is 10.0. The van der Waals surface area contributed by atoms with E-state index in [-0.39, 0.29) is 6.04 Å². The van der Waals surface area contributed by atoms with Gasteiger partial charge in [0.2, 0.25) is 0 Å². The quantitative estimate of drug-likeness (QED) is 0.698. The van der Waals surface area contributed by atoms with Crippen molar-refractivity contribution in [2.45, 2.75) is 19.5 Å². The molecule has 0 aliphatic rings. The van der Waals surface area contributed by atoms with Crippen LogP contribution in [0.5, 0.6) is 0 Å². The maximum Gasteiger partial charge on any atom is 0.0837 e. The summed E-state index contributed by atoms with van der Waals surface area (Å²) in [7, 11) is 1.69. The van der Waals surface area contributed by atoms with E-state index in [4.69, 9.17) is 16.3 Å². The first-order valence-corrected chi connectivity index (χ1v) is 8.32. The number of nitrogens with one attached hydrogen (secondary N) is 1. The molecular weight excluding hydrogens is 401 g/mol. The van der Waals surface area contributed by atoms with Crippen LogP contribution >= 0.6 is 34.2 Å². The van der Waals surface area contributed by atoms with E-state index >= 15 is 0 Å². The Morgan fingerprint density at radius 2 is 2.29 bits per heavy atom. The van der Waals surface area contributed by atoms with E-state index in [1.54, 1.807) is 13.3 Å². The molecule has 1 heterocycles. The largest absolute Gasteiger partial charge is 0.383 e. The Bertz CT molecular complexity index is 588. The van der Waals surface area contributed by atoms with Gasteiger partial charge in [0.1, 0.15) is 0 Å². The van der Waals surface area contributed by atoms with Gasteiger partial charge in [-0.15, -0.1) is 0 Å². The van der Waals surface area contributed by atoms with Crippen LogP contribution in [0.15, 0.2) is 30.5 Å². The van der Waals surface area contributed by atoms with Gasteiger partial charge in [0, 0.05) is 10.7 Å². The summed E-state index contributed by atoms with van der Waals surface area (Å²) >= 11 is 8.70. The fraction of sp³-hybridized carbons (Fsp3) is 0.400. The smallest absolute Gasteiger partial charge is 0.0837 e. The zero-order valence-electron chi connectivity index (χ0n) is 12.1. The number of nitrogens with zero attached hydrogens (tertiary/aromatic N) is 2. The molecule has 21 heavy (non-hydrogen) atoms. The van der Waals surface area contributed by atoms with E-state index in [0.717, 1.165) is 12.2 Å². The number of hydrogen-bond donors (Lipinski definition) is 1. The number of ether oxygens (including phenoxy) is 1. The van der Waals surface area contributed by atoms with Crippen molar-refractivity contribution in [1.82, 2.24) is 15.1 Å². The van der Waals surface area contributed by atoms with E-state index in [9.17, 15) is 0 Å². The molecule has 1 aromatic carbocycles. The summed E-state index contributed by atoms with van der Waals surface area (Å²) in [6.45, 7) is 4.23. The first-order valence-electron chi connectivity index (χ1n) is 6.86. The van der Waals surface area contributed by atoms with Crippen LogP contribution in [0.4, 0.5) is 0 Å². The van der Waals surface area contributed by atoms with Crippen molar-refractivity contribution >= 4 is 34.2 Å². The fourth-order valence-corrected chi connectivity index (χ4v) is 3.10. The summed E-state index contributed by atoms with van der Waals surface area (Å²) in [4.78, 5) is 0. The molecule has 0 aliphatic heterocycles. The molecule has 0 radical (unpaired) electrons. The molecule has 2 aromatic rings. The second kappa shape index (κ2) is 8.12. The molecule has 1 N–H and O–H groups in total. The van der Waals surface area contributed by atoms with Crippen molar-refractivity contribution in [3.63, 3.8) is 0 Å². The van der Waals surface area contributed by atoms with Gasteiger partial charge in [-0.2, -0.15) is 5.10 Å². The van der Waals surface area contributed by atoms with Crippen LogP contribution in [0.25, 0.3) is 0 Å². The molecular formula is C15H19ClIN3O. The average molecular weight is 420 g/mol. The lowest BCUT2D eigenvalue weighted by Gasteiger charge is -2.21. The normalized spacial score (nSPS) is 12.6. The molecule has 0 bridgehead atoms. The summed E-state index contributed by atoms with van der Waals surface area (Å²) < 4.78 is 8.27. The SMILES string of the molecule is CCNC(c1cccc(I)c1)c1c(Cl)cnn1CCOC. The Morgan fingerprint density at radius 1 is 1.48 bits per heavy atom. The van der Waals surface area contributed by atoms with Gasteiger partial charge < -0.3 is 10.1 Å². The third-order valence-corrected chi connectivity index (χ3v) is 4.17. The molecule has 2 rings (SSSR count). The van der Waals surface area contributed by atoms with Crippen molar-refractivity contribution in [2.24, 2.45) is 0 Å². The summed E-state index contributed by atoms with van der Waals surface area (Å²) in [5.74, 6) is 0. The highest BCUT2D eigenvalue weighted by molar-refractivity contribution is 14.1. The van der Waals surface area contributed by atoms with Crippen LogP contribution in [-0.2, 0) is 11.3 Å². The third kappa shape index (κ3) is 4.18. The Kier molecular flexibility index (Phi) is 6.47. The van der Waals surface area contributed by atoms with Crippen molar-refractivity contribution in [1.29, 1.82) is 0 Å². The number of benzene rings is 1. The van der Waals surface area contributed by atoms with Crippen molar-refractivity contribution in [3.8, 4) is 0 Å². The number of halogens is 2. The second-order valence-corrected chi connectivity index (χ2v) is 6.29. The van der Waals surface area contributed by atoms with E-state index in [1.165, 1.54) is 9.13 Å². The minimum Gasteiger partial charge on any atom is -0.383 e. The van der Waals surface area contributed by atoms with Crippen molar-refractivity contribution in [2.75, 3.05) is 20.3 Å². The molecule has 0 saturated carbocycles. The van der Waals surface area contributed by atoms with Gasteiger partial charge in [0.05, 0.1) is 36.1 Å². The molecule has 1 unspecified atom stereocenters. The predicted molar refractivity (Wildman–Crippen MR) is 93.8 cm³/mol. The van der Waals surface area contributed by atoms with Crippen molar-refractivity contribution < 1.29 is 4.74 Å². The first kappa shape index (κ1) is 16.7. The Hall–Kier alpha value is -0.630. The zero-order valence-corrected chi connectivity index (χ0v) is 15.1. The van der Waals surface area contributed by atoms with Crippen LogP contribution in [0.1, 0.15) is 24.2 Å². The summed E-state index contributed by atoms with van der Waals surface area (Å²) in [5.41, 5.74) is 2.17. The molecule has 0 amide bonds. The Balaban J connectivity index is 2.40. The van der Waals surface area contributed by atoms with Crippen LogP contribution in [0, 0.1) is 3.57 Å². The maximum atomic E-state index is 6.38. The highest BCUT2D eigenvalue weighted by Crippen LogP contribution is 2.29. The van der Waals surface area contributed by atoms with E-state index in [2.05, 4.69) is 64.2 Å². The average Bonchev–Trinajstić information content (AvgIpc) is 2.83. The fourth-order valence-electron chi connectivity index (χ4n) is 2.28. The van der Waals surface area contributed by atoms with Crippen molar-refractivity contribution in [3.05, 3.63) is 50.3 Å². The minimum absolute atomic E-state index is 0.0246. The summed E-state index contributed by atoms with van der Waals surface area (Å²) in [6, 6.07) is 8.44. The van der Waals surface area contributed by atoms with Crippen LogP contribution in [0.3, 0.4) is 0 Å². The maximum absolute atomic E-state index is 6.38. The molecule has 114 valence electrons. The lowest BCUT2D eigenvalue weighted by molar-refractivity contribution is 0.182. The van der Waals surface area contributed by atoms with Gasteiger partial charge in [-0.05, 0) is 46.8 Å². The summed E-state index contributed by atoms with van der Waals surface area (Å²) in [6.07, 6.45) is 1.70. The molecule has 0 fully saturated rings. The van der Waals surface area contributed by atoms with Gasteiger partial charge >= 0.3 is 0 Å². The highest BCUT2D eigenvalue weighted by Gasteiger charge is 2.21. The highest BCUT2D eigenvalue weighted by atomic mass is 127. The van der Waals surface area contributed by atoms with Crippen LogP contribution < -0.4 is 5.32 Å². The van der Waals surface area contributed by atoms with Gasteiger partial charge in [-0.3, -0.25) is 4.68 Å².